The van der Waals surface area contributed by atoms with E-state index in [4.69, 9.17) is 30.9 Å². The van der Waals surface area contributed by atoms with Crippen LogP contribution < -0.4 is 11.5 Å². The van der Waals surface area contributed by atoms with Gasteiger partial charge in [0.2, 0.25) is 0 Å². The number of amides is 2. The molecule has 0 aliphatic carbocycles. The molecule has 2 aromatic carbocycles. The third kappa shape index (κ3) is 11.1. The molecule has 0 spiro atoms. The minimum Gasteiger partial charge on any atom is -0.375 e. The number of carbonyl (C=O) groups is 4. The summed E-state index contributed by atoms with van der Waals surface area (Å²) < 4.78 is 9.81. The Kier molecular flexibility index (Phi) is 14.8. The topological polar surface area (TPSA) is 209 Å². The maximum Gasteiger partial charge on any atom is 0.412 e. The second-order valence-electron chi connectivity index (χ2n) is 19.8. The number of aromatic amines is 2. The van der Waals surface area contributed by atoms with E-state index in [2.05, 4.69) is 97.7 Å². The van der Waals surface area contributed by atoms with Crippen LogP contribution >= 0.6 is 0 Å². The summed E-state index contributed by atoms with van der Waals surface area (Å²) in [7, 11) is 7.77. The number of nitrogens with zero attached hydrogens (tertiary/aromatic N) is 6. The monoisotopic (exact) mass is 881 g/mol. The minimum absolute atomic E-state index is 0.149. The largest absolute Gasteiger partial charge is 0.412 e. The van der Waals surface area contributed by atoms with E-state index in [-0.39, 0.29) is 22.9 Å². The summed E-state index contributed by atoms with van der Waals surface area (Å²) in [6.07, 6.45) is 5.85. The first-order valence-electron chi connectivity index (χ1n) is 22.4. The molecule has 6 N–H and O–H groups in total. The van der Waals surface area contributed by atoms with Gasteiger partial charge in [-0.05, 0) is 132 Å². The first kappa shape index (κ1) is 48.0. The predicted molar refractivity (Wildman–Crippen MR) is 247 cm³/mol. The molecule has 0 bridgehead atoms. The number of hydrogen-bond donors (Lipinski definition) is 4. The molecule has 6 rings (SSSR count). The van der Waals surface area contributed by atoms with Gasteiger partial charge in [-0.2, -0.15) is 0 Å². The van der Waals surface area contributed by atoms with Gasteiger partial charge in [0.15, 0.2) is 0 Å². The highest BCUT2D eigenvalue weighted by atomic mass is 16.6. The predicted octanol–water partition coefficient (Wildman–Crippen LogP) is 6.89. The zero-order chi connectivity index (χ0) is 46.7. The first-order valence-corrected chi connectivity index (χ1v) is 22.4. The fraction of sp³-hybridized carbons (Fsp3) is 0.542. The Hall–Kier alpha value is -5.42. The molecule has 4 heterocycles. The number of H-pyrrole nitrogens is 2. The molecular weight excluding hydrogens is 813 g/mol. The molecule has 0 radical (unpaired) electrons. The van der Waals surface area contributed by atoms with E-state index in [1.54, 1.807) is 0 Å². The molecule has 4 atom stereocenters. The standard InChI is InChI=1S/C48H68N10O6/c1-47(2,3)39-31(29-15-17-30(18-16-29)33-27-51-41(53-33)35-13-11-23-57(35)37(21-25-55(7)8)43(59)63-45(49)61)19-20-32(40(39)48(4,5)6)34-28-52-42(54-34)36-14-12-24-58(36)38(22-26-56(9)10)44(60)64-46(50)62/h15-20,27-28,35-38H,11-14,21-26H2,1-10H3,(H2,49,61)(H2,50,62)(H,51,53)(H,52,54)/t35-,36-,37?,38?/m0/s1. The smallest absolute Gasteiger partial charge is 0.375 e. The SMILES string of the molecule is CN(C)CCC(C(=O)OC(N)=O)N1CCC[C@H]1c1ncc(-c2ccc(-c3ccc(-c4cnc([C@@H]5CCCN5C(CCN(C)C)C(=O)OC(N)=O)[nH]4)c(C(C)(C)C)c3C(C)(C)C)cc2)[nH]1. The maximum atomic E-state index is 13.2. The number of benzene rings is 2. The average Bonchev–Trinajstić information content (AvgIpc) is 4.04. The van der Waals surface area contributed by atoms with Crippen molar-refractivity contribution in [3.05, 3.63) is 71.6 Å². The van der Waals surface area contributed by atoms with Gasteiger partial charge in [0, 0.05) is 5.56 Å². The van der Waals surface area contributed by atoms with Crippen LogP contribution in [-0.4, -0.2) is 130 Å². The van der Waals surface area contributed by atoms with E-state index >= 15 is 0 Å². The number of esters is 2. The molecule has 2 amide bonds. The van der Waals surface area contributed by atoms with Gasteiger partial charge in [-0.3, -0.25) is 9.80 Å². The molecule has 4 aromatic rings. The molecule has 2 saturated heterocycles. The van der Waals surface area contributed by atoms with Gasteiger partial charge < -0.3 is 40.7 Å². The Morgan fingerprint density at radius 3 is 1.50 bits per heavy atom. The van der Waals surface area contributed by atoms with Crippen molar-refractivity contribution in [2.45, 2.75) is 115 Å². The normalized spacial score (nSPS) is 18.4. The van der Waals surface area contributed by atoms with Gasteiger partial charge in [0.05, 0.1) is 35.9 Å². The lowest BCUT2D eigenvalue weighted by Gasteiger charge is -2.34. The molecule has 2 aromatic heterocycles. The second-order valence-corrected chi connectivity index (χ2v) is 19.8. The van der Waals surface area contributed by atoms with Crippen LogP contribution in [0.5, 0.6) is 0 Å². The Labute approximate surface area is 377 Å². The van der Waals surface area contributed by atoms with Crippen LogP contribution in [0.25, 0.3) is 33.6 Å². The number of ether oxygens (including phenoxy) is 2. The number of rotatable bonds is 15. The zero-order valence-corrected chi connectivity index (χ0v) is 39.3. The summed E-state index contributed by atoms with van der Waals surface area (Å²) in [4.78, 5) is 74.5. The Bertz CT molecular complexity index is 2290. The Balaban J connectivity index is 1.30. The van der Waals surface area contributed by atoms with Crippen molar-refractivity contribution in [2.24, 2.45) is 11.5 Å². The third-order valence-electron chi connectivity index (χ3n) is 12.4. The molecule has 346 valence electrons. The van der Waals surface area contributed by atoms with Gasteiger partial charge in [-0.15, -0.1) is 0 Å². The Morgan fingerprint density at radius 1 is 0.656 bits per heavy atom. The number of primary amides is 2. The number of carbonyl (C=O) groups excluding carboxylic acids is 4. The van der Waals surface area contributed by atoms with E-state index in [9.17, 15) is 19.2 Å². The molecule has 16 heteroatoms. The Morgan fingerprint density at radius 2 is 1.06 bits per heavy atom. The summed E-state index contributed by atoms with van der Waals surface area (Å²) in [5, 5.41) is 0. The molecule has 0 saturated carbocycles. The third-order valence-corrected chi connectivity index (χ3v) is 12.4. The molecular formula is C48H68N10O6. The summed E-state index contributed by atoms with van der Waals surface area (Å²) in [6, 6.07) is 11.3. The molecule has 64 heavy (non-hydrogen) atoms. The molecule has 2 fully saturated rings. The van der Waals surface area contributed by atoms with Crippen LogP contribution in [0.3, 0.4) is 0 Å². The molecule has 2 aliphatic rings. The molecule has 16 nitrogen and oxygen atoms in total. The van der Waals surface area contributed by atoms with E-state index in [0.717, 1.165) is 71.0 Å². The van der Waals surface area contributed by atoms with Crippen LogP contribution in [0.15, 0.2) is 48.8 Å². The van der Waals surface area contributed by atoms with Gasteiger partial charge in [0.1, 0.15) is 23.7 Å². The summed E-state index contributed by atoms with van der Waals surface area (Å²) in [5.74, 6) is 0.250. The van der Waals surface area contributed by atoms with Crippen molar-refractivity contribution < 1.29 is 28.7 Å². The number of aromatic nitrogens is 4. The van der Waals surface area contributed by atoms with Crippen LogP contribution in [0.1, 0.15) is 115 Å². The first-order chi connectivity index (χ1) is 30.1. The van der Waals surface area contributed by atoms with Crippen molar-refractivity contribution in [3.63, 3.8) is 0 Å². The van der Waals surface area contributed by atoms with Crippen LogP contribution in [0, 0.1) is 0 Å². The number of nitrogens with one attached hydrogen (secondary N) is 2. The highest BCUT2D eigenvalue weighted by molar-refractivity contribution is 5.88. The lowest BCUT2D eigenvalue weighted by Crippen LogP contribution is -2.44. The van der Waals surface area contributed by atoms with Crippen molar-refractivity contribution in [1.29, 1.82) is 0 Å². The van der Waals surface area contributed by atoms with Crippen LogP contribution in [0.2, 0.25) is 0 Å². The molecule has 2 aliphatic heterocycles. The summed E-state index contributed by atoms with van der Waals surface area (Å²) in [5.41, 5.74) is 18.5. The summed E-state index contributed by atoms with van der Waals surface area (Å²) in [6.45, 7) is 16.1. The van der Waals surface area contributed by atoms with Crippen molar-refractivity contribution >= 4 is 24.1 Å². The molecule has 2 unspecified atom stereocenters. The van der Waals surface area contributed by atoms with E-state index in [1.807, 2.05) is 50.4 Å². The van der Waals surface area contributed by atoms with E-state index in [0.29, 0.717) is 39.0 Å². The maximum absolute atomic E-state index is 13.2. The highest BCUT2D eigenvalue weighted by Gasteiger charge is 2.40. The lowest BCUT2D eigenvalue weighted by atomic mass is 9.70. The minimum atomic E-state index is -1.10. The zero-order valence-electron chi connectivity index (χ0n) is 39.3. The van der Waals surface area contributed by atoms with Crippen molar-refractivity contribution in [1.82, 2.24) is 39.5 Å². The lowest BCUT2D eigenvalue weighted by molar-refractivity contribution is -0.145. The fourth-order valence-corrected chi connectivity index (χ4v) is 9.60. The van der Waals surface area contributed by atoms with Crippen LogP contribution in [0.4, 0.5) is 9.59 Å². The fourth-order valence-electron chi connectivity index (χ4n) is 9.60. The summed E-state index contributed by atoms with van der Waals surface area (Å²) >= 11 is 0. The number of imidazole rings is 2. The average molecular weight is 881 g/mol. The van der Waals surface area contributed by atoms with Crippen molar-refractivity contribution in [3.8, 4) is 33.6 Å². The van der Waals surface area contributed by atoms with E-state index < -0.39 is 36.2 Å². The van der Waals surface area contributed by atoms with Crippen molar-refractivity contribution in [2.75, 3.05) is 54.4 Å². The number of likely N-dealkylation sites (tertiary alicyclic amines) is 2. The van der Waals surface area contributed by atoms with Crippen LogP contribution in [-0.2, 0) is 29.9 Å². The van der Waals surface area contributed by atoms with Gasteiger partial charge in [0.25, 0.3) is 0 Å². The number of hydrogen-bond acceptors (Lipinski definition) is 12. The van der Waals surface area contributed by atoms with E-state index in [1.165, 1.54) is 11.1 Å². The van der Waals surface area contributed by atoms with Gasteiger partial charge in [-0.25, -0.2) is 29.1 Å². The quantitative estimate of drug-likeness (QED) is 0.0711. The number of nitrogens with two attached hydrogens (primary N) is 2. The van der Waals surface area contributed by atoms with Gasteiger partial charge in [-0.1, -0.05) is 77.9 Å². The highest BCUT2D eigenvalue weighted by Crippen LogP contribution is 2.46. The van der Waals surface area contributed by atoms with Gasteiger partial charge >= 0.3 is 24.1 Å². The second kappa shape index (κ2) is 19.8.